The Bertz CT molecular complexity index is 746. The summed E-state index contributed by atoms with van der Waals surface area (Å²) in [6.45, 7) is 0. The molecule has 0 amide bonds. The minimum atomic E-state index is -4.65. The molecule has 112 valence electrons. The maximum Gasteiger partial charge on any atom is 1.00 e. The van der Waals surface area contributed by atoms with Gasteiger partial charge >= 0.3 is 35.7 Å². The summed E-state index contributed by atoms with van der Waals surface area (Å²) in [5.74, 6) is 0. The summed E-state index contributed by atoms with van der Waals surface area (Å²) >= 11 is 0. The Hall–Kier alpha value is -1.06. The van der Waals surface area contributed by atoms with E-state index in [1.165, 1.54) is 30.3 Å². The molecule has 2 aromatic rings. The fourth-order valence-corrected chi connectivity index (χ4v) is 2.17. The molecule has 0 aromatic heterocycles. The van der Waals surface area contributed by atoms with Gasteiger partial charge in [-0.1, -0.05) is 24.3 Å². The Kier molecular flexibility index (Phi) is 6.05. The summed E-state index contributed by atoms with van der Waals surface area (Å²) in [5, 5.41) is 0. The van der Waals surface area contributed by atoms with Crippen LogP contribution in [0.5, 0.6) is 0 Å². The third-order valence-corrected chi connectivity index (χ3v) is 3.14. The van der Waals surface area contributed by atoms with Gasteiger partial charge in [0.15, 0.2) is 10.3 Å². The van der Waals surface area contributed by atoms with Gasteiger partial charge in [-0.3, -0.25) is 4.72 Å². The number of hydrogen-bond acceptors (Lipinski definition) is 3. The van der Waals surface area contributed by atoms with Crippen LogP contribution in [-0.2, 0) is 16.5 Å². The number of rotatable bonds is 3. The monoisotopic (exact) mass is 339 g/mol. The molecule has 22 heavy (non-hydrogen) atoms. The van der Waals surface area contributed by atoms with Gasteiger partial charge in [-0.05, 0) is 35.4 Å². The second-order valence-electron chi connectivity index (χ2n) is 4.21. The first kappa shape index (κ1) is 19.0. The number of benzene rings is 2. The summed E-state index contributed by atoms with van der Waals surface area (Å²) in [6, 6.07) is 10.2. The van der Waals surface area contributed by atoms with Gasteiger partial charge in [0, 0.05) is 5.69 Å². The first-order valence-electron chi connectivity index (χ1n) is 5.66. The van der Waals surface area contributed by atoms with E-state index >= 15 is 0 Å². The molecule has 0 saturated heterocycles. The molecule has 0 heterocycles. The fraction of sp³-hybridized carbons (Fsp3) is 0.0769. The minimum Gasteiger partial charge on any atom is -0.731 e. The van der Waals surface area contributed by atoms with Gasteiger partial charge in [0.25, 0.3) is 0 Å². The van der Waals surface area contributed by atoms with Crippen molar-refractivity contribution in [3.8, 4) is 11.1 Å². The molecule has 0 bridgehead atoms. The van der Waals surface area contributed by atoms with E-state index in [-0.39, 0.29) is 35.2 Å². The maximum atomic E-state index is 12.5. The molecule has 0 aliphatic heterocycles. The van der Waals surface area contributed by atoms with Crippen molar-refractivity contribution in [1.82, 2.24) is 0 Å². The van der Waals surface area contributed by atoms with Crippen molar-refractivity contribution in [3.05, 3.63) is 54.1 Å². The van der Waals surface area contributed by atoms with Crippen LogP contribution in [0.4, 0.5) is 18.9 Å². The van der Waals surface area contributed by atoms with Gasteiger partial charge < -0.3 is 4.55 Å². The van der Waals surface area contributed by atoms with Crippen LogP contribution in [0, 0.1) is 0 Å². The molecule has 4 nitrogen and oxygen atoms in total. The smallest absolute Gasteiger partial charge is 0.731 e. The van der Waals surface area contributed by atoms with E-state index in [2.05, 4.69) is 0 Å². The molecule has 2 aromatic carbocycles. The Labute approximate surface area is 147 Å². The molecule has 9 heteroatoms. The zero-order chi connectivity index (χ0) is 15.7. The Morgan fingerprint density at radius 2 is 1.55 bits per heavy atom. The molecule has 0 spiro atoms. The van der Waals surface area contributed by atoms with Gasteiger partial charge in [0.05, 0.1) is 5.56 Å². The van der Waals surface area contributed by atoms with Crippen LogP contribution in [0.2, 0.25) is 0 Å². The average Bonchev–Trinajstić information content (AvgIpc) is 2.36. The second-order valence-corrected chi connectivity index (χ2v) is 5.32. The number of anilines is 1. The van der Waals surface area contributed by atoms with Gasteiger partial charge in [-0.25, -0.2) is 8.42 Å². The minimum absolute atomic E-state index is 0. The number of hydrogen-bond donors (Lipinski definition) is 1. The van der Waals surface area contributed by atoms with E-state index in [9.17, 15) is 26.1 Å². The van der Waals surface area contributed by atoms with Crippen LogP contribution >= 0.6 is 0 Å². The number of nitrogens with one attached hydrogen (secondary N) is 1. The summed E-state index contributed by atoms with van der Waals surface area (Å²) in [5.41, 5.74) is 0.220. The van der Waals surface area contributed by atoms with E-state index in [1.807, 2.05) is 0 Å². The summed E-state index contributed by atoms with van der Waals surface area (Å²) in [6.07, 6.45) is -4.42. The Balaban J connectivity index is 0.00000242. The van der Waals surface area contributed by atoms with Crippen LogP contribution in [0.3, 0.4) is 0 Å². The van der Waals surface area contributed by atoms with Crippen molar-refractivity contribution in [2.75, 3.05) is 4.72 Å². The van der Waals surface area contributed by atoms with Gasteiger partial charge in [0.1, 0.15) is 0 Å². The quantitative estimate of drug-likeness (QED) is 0.644. The molecule has 0 atom stereocenters. The van der Waals surface area contributed by atoms with Gasteiger partial charge in [0.2, 0.25) is 0 Å². The van der Waals surface area contributed by atoms with Crippen LogP contribution in [-0.4, -0.2) is 13.0 Å². The maximum absolute atomic E-state index is 12.5. The summed E-state index contributed by atoms with van der Waals surface area (Å²) in [4.78, 5) is 0. The summed E-state index contributed by atoms with van der Waals surface area (Å²) < 4.78 is 71.0. The topological polar surface area (TPSA) is 69.2 Å². The molecule has 1 N–H and O–H groups in total. The van der Waals surface area contributed by atoms with E-state index in [4.69, 9.17) is 0 Å². The van der Waals surface area contributed by atoms with Crippen LogP contribution in [0.15, 0.2) is 48.5 Å². The molecule has 0 unspecified atom stereocenters. The van der Waals surface area contributed by atoms with Gasteiger partial charge in [-0.2, -0.15) is 13.2 Å². The van der Waals surface area contributed by atoms with Crippen molar-refractivity contribution < 1.29 is 55.7 Å². The van der Waals surface area contributed by atoms with Crippen molar-refractivity contribution in [3.63, 3.8) is 0 Å². The van der Waals surface area contributed by atoms with E-state index < -0.39 is 22.0 Å². The van der Waals surface area contributed by atoms with E-state index in [1.54, 1.807) is 10.8 Å². The third-order valence-electron chi connectivity index (χ3n) is 2.65. The molecule has 0 saturated carbocycles. The number of alkyl halides is 3. The molecular weight excluding hydrogens is 330 g/mol. The zero-order valence-electron chi connectivity index (χ0n) is 11.4. The molecule has 0 aliphatic carbocycles. The fourth-order valence-electron chi connectivity index (χ4n) is 1.76. The standard InChI is InChI=1S/C13H10F3NO3S.Na/c14-13(15,16)11-6-4-9(5-7-11)10-2-1-3-12(8-10)17-21(18,19)20;/h1-8,17H,(H,18,19,20);/q;+1/p-1. The predicted molar refractivity (Wildman–Crippen MR) is 70.2 cm³/mol. The Morgan fingerprint density at radius 3 is 2.05 bits per heavy atom. The normalized spacial score (nSPS) is 11.6. The third kappa shape index (κ3) is 5.29. The van der Waals surface area contributed by atoms with Crippen molar-refractivity contribution >= 4 is 16.0 Å². The zero-order valence-corrected chi connectivity index (χ0v) is 14.2. The largest absolute Gasteiger partial charge is 1.00 e. The first-order chi connectivity index (χ1) is 9.65. The molecular formula is C13H9F3NNaO3S. The van der Waals surface area contributed by atoms with E-state index in [0.29, 0.717) is 11.1 Å². The molecule has 2 rings (SSSR count). The van der Waals surface area contributed by atoms with Crippen molar-refractivity contribution in [2.24, 2.45) is 0 Å². The first-order valence-corrected chi connectivity index (χ1v) is 7.07. The molecule has 0 radical (unpaired) electrons. The molecule has 0 fully saturated rings. The SMILES string of the molecule is O=S(=O)([O-])Nc1cccc(-c2ccc(C(F)(F)F)cc2)c1.[Na+]. The Morgan fingerprint density at radius 1 is 0.955 bits per heavy atom. The predicted octanol–water partition coefficient (Wildman–Crippen LogP) is 0.248. The molecule has 0 aliphatic rings. The second kappa shape index (κ2) is 7.01. The average molecular weight is 339 g/mol. The van der Waals surface area contributed by atoms with Crippen molar-refractivity contribution in [1.29, 1.82) is 0 Å². The number of halogens is 3. The van der Waals surface area contributed by atoms with Crippen LogP contribution < -0.4 is 34.3 Å². The van der Waals surface area contributed by atoms with Crippen LogP contribution in [0.1, 0.15) is 5.56 Å². The van der Waals surface area contributed by atoms with Gasteiger partial charge in [-0.15, -0.1) is 0 Å². The summed E-state index contributed by atoms with van der Waals surface area (Å²) in [7, 11) is -4.65. The van der Waals surface area contributed by atoms with Crippen LogP contribution in [0.25, 0.3) is 11.1 Å². The van der Waals surface area contributed by atoms with Crippen molar-refractivity contribution in [2.45, 2.75) is 6.18 Å². The van der Waals surface area contributed by atoms with E-state index in [0.717, 1.165) is 12.1 Å².